The summed E-state index contributed by atoms with van der Waals surface area (Å²) in [5.41, 5.74) is 11.0. The highest BCUT2D eigenvalue weighted by atomic mass is 32.1. The van der Waals surface area contributed by atoms with Crippen molar-refractivity contribution in [3.63, 3.8) is 0 Å². The zero-order valence-electron chi connectivity index (χ0n) is 23.3. The first-order chi connectivity index (χ1) is 21.3. The summed E-state index contributed by atoms with van der Waals surface area (Å²) in [7, 11) is 0. The summed E-state index contributed by atoms with van der Waals surface area (Å²) >= 11 is 2.55. The van der Waals surface area contributed by atoms with Gasteiger partial charge in [0.2, 0.25) is 5.91 Å². The molecule has 1 atom stereocenters. The van der Waals surface area contributed by atoms with Gasteiger partial charge in [0.1, 0.15) is 9.88 Å². The van der Waals surface area contributed by atoms with Crippen LogP contribution in [0, 0.1) is 11.6 Å². The van der Waals surface area contributed by atoms with Crippen molar-refractivity contribution in [2.45, 2.75) is 44.1 Å². The molecule has 2 aromatic carbocycles. The van der Waals surface area contributed by atoms with Gasteiger partial charge in [-0.05, 0) is 72.4 Å². The molecule has 222 valence electrons. The molecule has 1 amide bonds. The molecule has 3 N–H and O–H groups in total. The van der Waals surface area contributed by atoms with Crippen molar-refractivity contribution in [1.29, 1.82) is 0 Å². The number of carbonyl (C=O) groups is 2. The number of carboxylic acids is 1. The number of carboxylic acid groups (broad SMARTS) is 1. The normalized spacial score (nSPS) is 14.8. The van der Waals surface area contributed by atoms with Gasteiger partial charge in [0.15, 0.2) is 17.7 Å². The molecule has 1 aliphatic carbocycles. The lowest BCUT2D eigenvalue weighted by Crippen LogP contribution is -2.28. The fourth-order valence-electron chi connectivity index (χ4n) is 6.37. The number of halogens is 2. The maximum Gasteiger partial charge on any atom is 0.345 e. The van der Waals surface area contributed by atoms with Crippen LogP contribution in [0.1, 0.15) is 64.3 Å². The van der Waals surface area contributed by atoms with E-state index >= 15 is 0 Å². The van der Waals surface area contributed by atoms with E-state index in [4.69, 9.17) is 10.7 Å². The molecule has 0 saturated heterocycles. The zero-order chi connectivity index (χ0) is 30.5. The first kappa shape index (κ1) is 28.3. The lowest BCUT2D eigenvalue weighted by molar-refractivity contribution is -0.119. The zero-order valence-corrected chi connectivity index (χ0v) is 24.9. The Kier molecular flexibility index (Phi) is 7.22. The molecule has 1 aliphatic rings. The molecule has 1 fully saturated rings. The largest absolute Gasteiger partial charge is 0.477 e. The Hall–Kier alpha value is -4.48. The molecule has 6 aromatic rings. The van der Waals surface area contributed by atoms with Crippen LogP contribution in [-0.4, -0.2) is 31.5 Å². The number of nitrogens with two attached hydrogens (primary N) is 1. The molecule has 4 aromatic heterocycles. The quantitative estimate of drug-likeness (QED) is 0.185. The standard InChI is InChI=1S/C33H26F2N4O3S2/c34-21-9-6-19(15-22(21)35)24-10-7-18-14-20(8-11-23(18)38-24)28-27(17-4-2-1-3-5-17)30-25(16-26(44-30)33(41)42)39(28)29(31(36)40)32-37-12-13-43-32/h6-17,29H,1-5H2,(H2,36,40)(H,41,42). The minimum atomic E-state index is -1.02. The van der Waals surface area contributed by atoms with E-state index < -0.39 is 29.6 Å². The second-order valence-electron chi connectivity index (χ2n) is 11.0. The van der Waals surface area contributed by atoms with Crippen LogP contribution in [0.4, 0.5) is 8.78 Å². The SMILES string of the molecule is NC(=O)C(c1nccs1)n1c(-c2ccc3nc(-c4ccc(F)c(F)c4)ccc3c2)c(C2CCCCC2)c2sc(C(=O)O)cc21. The molecule has 1 saturated carbocycles. The Balaban J connectivity index is 1.47. The first-order valence-electron chi connectivity index (χ1n) is 14.3. The number of benzene rings is 2. The first-order valence-corrected chi connectivity index (χ1v) is 16.0. The van der Waals surface area contributed by atoms with Crippen molar-refractivity contribution >= 4 is 55.7 Å². The van der Waals surface area contributed by atoms with E-state index in [0.717, 1.165) is 71.1 Å². The van der Waals surface area contributed by atoms with E-state index in [1.54, 1.807) is 23.7 Å². The van der Waals surface area contributed by atoms with Crippen molar-refractivity contribution in [3.8, 4) is 22.5 Å². The fraction of sp³-hybridized carbons (Fsp3) is 0.212. The summed E-state index contributed by atoms with van der Waals surface area (Å²) in [6.45, 7) is 0. The molecule has 7 nitrogen and oxygen atoms in total. The fourth-order valence-corrected chi connectivity index (χ4v) is 8.21. The Morgan fingerprint density at radius 3 is 2.48 bits per heavy atom. The van der Waals surface area contributed by atoms with Crippen LogP contribution in [0.2, 0.25) is 0 Å². The third-order valence-electron chi connectivity index (χ3n) is 8.33. The Bertz CT molecular complexity index is 2060. The third-order valence-corrected chi connectivity index (χ3v) is 10.3. The predicted molar refractivity (Wildman–Crippen MR) is 168 cm³/mol. The van der Waals surface area contributed by atoms with Crippen LogP contribution in [0.5, 0.6) is 0 Å². The number of fused-ring (bicyclic) bond motifs is 2. The van der Waals surface area contributed by atoms with Crippen molar-refractivity contribution in [2.75, 3.05) is 0 Å². The maximum absolute atomic E-state index is 13.9. The van der Waals surface area contributed by atoms with Gasteiger partial charge >= 0.3 is 5.97 Å². The summed E-state index contributed by atoms with van der Waals surface area (Å²) in [5, 5.41) is 13.0. The average Bonchev–Trinajstić information content (AvgIpc) is 3.76. The van der Waals surface area contributed by atoms with Crippen LogP contribution >= 0.6 is 22.7 Å². The number of carbonyl (C=O) groups excluding carboxylic acids is 1. The minimum absolute atomic E-state index is 0.178. The molecule has 0 spiro atoms. The highest BCUT2D eigenvalue weighted by molar-refractivity contribution is 7.21. The number of rotatable bonds is 7. The van der Waals surface area contributed by atoms with Gasteiger partial charge in [-0.2, -0.15) is 0 Å². The third kappa shape index (κ3) is 4.86. The maximum atomic E-state index is 13.9. The lowest BCUT2D eigenvalue weighted by atomic mass is 9.83. The van der Waals surface area contributed by atoms with Crippen LogP contribution < -0.4 is 5.73 Å². The van der Waals surface area contributed by atoms with E-state index in [9.17, 15) is 23.5 Å². The number of pyridine rings is 1. The monoisotopic (exact) mass is 628 g/mol. The molecular formula is C33H26F2N4O3S2. The van der Waals surface area contributed by atoms with Crippen LogP contribution in [-0.2, 0) is 4.79 Å². The second-order valence-corrected chi connectivity index (χ2v) is 13.0. The summed E-state index contributed by atoms with van der Waals surface area (Å²) in [4.78, 5) is 34.6. The number of thiophene rings is 1. The Labute approximate surface area is 258 Å². The topological polar surface area (TPSA) is 111 Å². The number of amides is 1. The average molecular weight is 629 g/mol. The van der Waals surface area contributed by atoms with Gasteiger partial charge < -0.3 is 15.4 Å². The number of nitrogens with zero attached hydrogens (tertiary/aromatic N) is 3. The van der Waals surface area contributed by atoms with Crippen LogP contribution in [0.15, 0.2) is 66.2 Å². The highest BCUT2D eigenvalue weighted by Crippen LogP contribution is 2.49. The molecule has 11 heteroatoms. The van der Waals surface area contributed by atoms with E-state index in [2.05, 4.69) is 4.98 Å². The molecule has 0 aliphatic heterocycles. The van der Waals surface area contributed by atoms with Crippen molar-refractivity contribution < 1.29 is 23.5 Å². The van der Waals surface area contributed by atoms with E-state index in [1.807, 2.05) is 28.8 Å². The van der Waals surface area contributed by atoms with Gasteiger partial charge in [-0.25, -0.2) is 23.5 Å². The minimum Gasteiger partial charge on any atom is -0.477 e. The van der Waals surface area contributed by atoms with Gasteiger partial charge in [-0.3, -0.25) is 4.79 Å². The van der Waals surface area contributed by atoms with Crippen molar-refractivity contribution in [3.05, 3.63) is 93.3 Å². The van der Waals surface area contributed by atoms with E-state index in [-0.39, 0.29) is 10.8 Å². The van der Waals surface area contributed by atoms with Gasteiger partial charge in [-0.15, -0.1) is 22.7 Å². The van der Waals surface area contributed by atoms with Gasteiger partial charge in [0.05, 0.1) is 27.1 Å². The number of primary amides is 1. The number of thiazole rings is 1. The van der Waals surface area contributed by atoms with Gasteiger partial charge in [-0.1, -0.05) is 31.4 Å². The Morgan fingerprint density at radius 1 is 0.977 bits per heavy atom. The highest BCUT2D eigenvalue weighted by Gasteiger charge is 2.34. The number of aromatic carboxylic acids is 1. The van der Waals surface area contributed by atoms with Crippen molar-refractivity contribution in [2.24, 2.45) is 5.73 Å². The predicted octanol–water partition coefficient (Wildman–Crippen LogP) is 8.14. The van der Waals surface area contributed by atoms with Gasteiger partial charge in [0, 0.05) is 22.5 Å². The van der Waals surface area contributed by atoms with E-state index in [0.29, 0.717) is 27.3 Å². The second kappa shape index (κ2) is 11.2. The van der Waals surface area contributed by atoms with E-state index in [1.165, 1.54) is 28.7 Å². The summed E-state index contributed by atoms with van der Waals surface area (Å²) in [5.74, 6) is -3.29. The molecule has 0 bridgehead atoms. The molecule has 0 radical (unpaired) electrons. The molecule has 1 unspecified atom stereocenters. The summed E-state index contributed by atoms with van der Waals surface area (Å²) in [6, 6.07) is 13.8. The lowest BCUT2D eigenvalue weighted by Gasteiger charge is -2.25. The van der Waals surface area contributed by atoms with Gasteiger partial charge in [0.25, 0.3) is 0 Å². The molecule has 44 heavy (non-hydrogen) atoms. The summed E-state index contributed by atoms with van der Waals surface area (Å²) < 4.78 is 30.2. The van der Waals surface area contributed by atoms with Crippen LogP contribution in [0.3, 0.4) is 0 Å². The number of hydrogen-bond donors (Lipinski definition) is 2. The van der Waals surface area contributed by atoms with Crippen molar-refractivity contribution in [1.82, 2.24) is 14.5 Å². The smallest absolute Gasteiger partial charge is 0.345 e. The Morgan fingerprint density at radius 2 is 1.77 bits per heavy atom. The molecule has 7 rings (SSSR count). The number of hydrogen-bond acceptors (Lipinski definition) is 6. The number of aromatic nitrogens is 3. The summed E-state index contributed by atoms with van der Waals surface area (Å²) in [6.07, 6.45) is 6.81. The van der Waals surface area contributed by atoms with Crippen LogP contribution in [0.25, 0.3) is 43.6 Å². The molecular weight excluding hydrogens is 603 g/mol. The molecule has 4 heterocycles.